The molecule has 4 nitrogen and oxygen atoms in total. The normalized spacial score (nSPS) is 10.8. The summed E-state index contributed by atoms with van der Waals surface area (Å²) >= 11 is 0. The van der Waals surface area contributed by atoms with E-state index in [0.717, 1.165) is 39.1 Å². The van der Waals surface area contributed by atoms with E-state index >= 15 is 0 Å². The van der Waals surface area contributed by atoms with Gasteiger partial charge in [0.1, 0.15) is 0 Å². The highest BCUT2D eigenvalue weighted by molar-refractivity contribution is 4.96. The highest BCUT2D eigenvalue weighted by Gasteiger charge is 1.96. The van der Waals surface area contributed by atoms with Gasteiger partial charge in [0.05, 0.1) is 12.0 Å². The zero-order chi connectivity index (χ0) is 10.9. The van der Waals surface area contributed by atoms with Gasteiger partial charge in [-0.3, -0.25) is 0 Å². The zero-order valence-corrected chi connectivity index (χ0v) is 9.70. The number of nitrogens with one attached hydrogen (secondary N) is 1. The van der Waals surface area contributed by atoms with Gasteiger partial charge < -0.3 is 14.6 Å². The van der Waals surface area contributed by atoms with Crippen LogP contribution in [0.4, 0.5) is 0 Å². The molecule has 0 saturated heterocycles. The molecular weight excluding hydrogens is 190 g/mol. The van der Waals surface area contributed by atoms with E-state index in [1.54, 1.807) is 0 Å². The van der Waals surface area contributed by atoms with Crippen LogP contribution in [-0.2, 0) is 18.3 Å². The lowest BCUT2D eigenvalue weighted by molar-refractivity contribution is 0.132. The molecule has 0 aliphatic heterocycles. The van der Waals surface area contributed by atoms with Gasteiger partial charge in [-0.1, -0.05) is 6.92 Å². The van der Waals surface area contributed by atoms with Crippen LogP contribution >= 0.6 is 0 Å². The number of aromatic nitrogens is 2. The van der Waals surface area contributed by atoms with Gasteiger partial charge in [0.25, 0.3) is 0 Å². The number of nitrogens with zero attached hydrogens (tertiary/aromatic N) is 2. The summed E-state index contributed by atoms with van der Waals surface area (Å²) in [5, 5.41) is 3.36. The smallest absolute Gasteiger partial charge is 0.0945 e. The maximum absolute atomic E-state index is 5.39. The van der Waals surface area contributed by atoms with E-state index < -0.39 is 0 Å². The molecule has 0 aromatic carbocycles. The molecule has 0 fully saturated rings. The maximum Gasteiger partial charge on any atom is 0.0945 e. The van der Waals surface area contributed by atoms with Crippen LogP contribution in [0.25, 0.3) is 0 Å². The topological polar surface area (TPSA) is 39.1 Å². The van der Waals surface area contributed by atoms with Crippen LogP contribution in [0.2, 0.25) is 0 Å². The molecule has 0 bridgehead atoms. The summed E-state index contributed by atoms with van der Waals surface area (Å²) in [4.78, 5) is 4.06. The largest absolute Gasteiger partial charge is 0.381 e. The number of rotatable bonds is 8. The first-order chi connectivity index (χ1) is 7.34. The third-order valence-corrected chi connectivity index (χ3v) is 2.21. The van der Waals surface area contributed by atoms with Gasteiger partial charge in [-0.2, -0.15) is 0 Å². The second-order valence-corrected chi connectivity index (χ2v) is 3.64. The van der Waals surface area contributed by atoms with E-state index in [2.05, 4.69) is 17.2 Å². The fraction of sp³-hybridized carbons (Fsp3) is 0.727. The molecule has 0 atom stereocenters. The molecular formula is C11H21N3O. The van der Waals surface area contributed by atoms with E-state index in [-0.39, 0.29) is 0 Å². The van der Waals surface area contributed by atoms with Gasteiger partial charge in [-0.05, 0) is 19.4 Å². The van der Waals surface area contributed by atoms with Crippen LogP contribution in [0.5, 0.6) is 0 Å². The van der Waals surface area contributed by atoms with Crippen LogP contribution in [0, 0.1) is 0 Å². The maximum atomic E-state index is 5.39. The van der Waals surface area contributed by atoms with E-state index in [1.165, 1.54) is 5.69 Å². The number of hydrogen-bond donors (Lipinski definition) is 1. The fourth-order valence-electron chi connectivity index (χ4n) is 1.32. The molecule has 0 saturated carbocycles. The van der Waals surface area contributed by atoms with E-state index in [9.17, 15) is 0 Å². The fourth-order valence-corrected chi connectivity index (χ4v) is 1.32. The second kappa shape index (κ2) is 7.43. The molecule has 1 heterocycles. The molecule has 86 valence electrons. The van der Waals surface area contributed by atoms with Crippen molar-refractivity contribution in [1.29, 1.82) is 0 Å². The summed E-state index contributed by atoms with van der Waals surface area (Å²) in [6, 6.07) is 0. The van der Waals surface area contributed by atoms with E-state index in [1.807, 2.05) is 24.1 Å². The van der Waals surface area contributed by atoms with Crippen molar-refractivity contribution in [2.24, 2.45) is 7.05 Å². The molecule has 1 aromatic rings. The highest BCUT2D eigenvalue weighted by Crippen LogP contribution is 1.94. The van der Waals surface area contributed by atoms with Gasteiger partial charge in [0, 0.05) is 33.0 Å². The minimum absolute atomic E-state index is 0.853. The number of hydrogen-bond acceptors (Lipinski definition) is 3. The van der Waals surface area contributed by atoms with Crippen molar-refractivity contribution < 1.29 is 4.74 Å². The summed E-state index contributed by atoms with van der Waals surface area (Å²) < 4.78 is 7.41. The number of aryl methyl sites for hydroxylation is 1. The summed E-state index contributed by atoms with van der Waals surface area (Å²) in [5.74, 6) is 0. The Balaban J connectivity index is 1.96. The predicted octanol–water partition coefficient (Wildman–Crippen LogP) is 1.33. The molecule has 0 amide bonds. The number of imidazole rings is 1. The quantitative estimate of drug-likeness (QED) is 0.659. The Morgan fingerprint density at radius 3 is 3.00 bits per heavy atom. The summed E-state index contributed by atoms with van der Waals surface area (Å²) in [6.07, 6.45) is 5.88. The Labute approximate surface area is 91.7 Å². The second-order valence-electron chi connectivity index (χ2n) is 3.64. The lowest BCUT2D eigenvalue weighted by Gasteiger charge is -2.05. The molecule has 15 heavy (non-hydrogen) atoms. The van der Waals surface area contributed by atoms with Crippen LogP contribution in [0.15, 0.2) is 12.5 Å². The summed E-state index contributed by atoms with van der Waals surface area (Å²) in [6.45, 7) is 5.73. The third-order valence-electron chi connectivity index (χ3n) is 2.21. The first-order valence-corrected chi connectivity index (χ1v) is 5.58. The Morgan fingerprint density at radius 2 is 2.33 bits per heavy atom. The highest BCUT2D eigenvalue weighted by atomic mass is 16.5. The minimum Gasteiger partial charge on any atom is -0.381 e. The van der Waals surface area contributed by atoms with Gasteiger partial charge >= 0.3 is 0 Å². The Bertz CT molecular complexity index is 260. The third kappa shape index (κ3) is 4.95. The van der Waals surface area contributed by atoms with Crippen molar-refractivity contribution in [3.63, 3.8) is 0 Å². The lowest BCUT2D eigenvalue weighted by atomic mass is 10.4. The molecule has 1 aromatic heterocycles. The first-order valence-electron chi connectivity index (χ1n) is 5.58. The van der Waals surface area contributed by atoms with Crippen molar-refractivity contribution >= 4 is 0 Å². The SMILES string of the molecule is CCCOCCCNCc1cncn1C. The average molecular weight is 211 g/mol. The van der Waals surface area contributed by atoms with Gasteiger partial charge in [-0.25, -0.2) is 4.98 Å². The van der Waals surface area contributed by atoms with Crippen molar-refractivity contribution in [3.8, 4) is 0 Å². The molecule has 0 unspecified atom stereocenters. The summed E-state index contributed by atoms with van der Waals surface area (Å²) in [5.41, 5.74) is 1.21. The zero-order valence-electron chi connectivity index (χ0n) is 9.70. The lowest BCUT2D eigenvalue weighted by Crippen LogP contribution is -2.18. The van der Waals surface area contributed by atoms with Gasteiger partial charge in [0.15, 0.2) is 0 Å². The van der Waals surface area contributed by atoms with E-state index in [0.29, 0.717) is 0 Å². The standard InChI is InChI=1S/C11H21N3O/c1-3-6-15-7-4-5-12-8-11-9-13-10-14(11)2/h9-10,12H,3-8H2,1-2H3. The van der Waals surface area contributed by atoms with E-state index in [4.69, 9.17) is 4.74 Å². The Kier molecular flexibility index (Phi) is 6.04. The Hall–Kier alpha value is -0.870. The van der Waals surface area contributed by atoms with Crippen molar-refractivity contribution in [3.05, 3.63) is 18.2 Å². The molecule has 4 heteroatoms. The molecule has 1 rings (SSSR count). The molecule has 0 spiro atoms. The molecule has 1 N–H and O–H groups in total. The van der Waals surface area contributed by atoms with Gasteiger partial charge in [0.2, 0.25) is 0 Å². The minimum atomic E-state index is 0.853. The molecule has 0 aliphatic rings. The predicted molar refractivity (Wildman–Crippen MR) is 60.6 cm³/mol. The van der Waals surface area contributed by atoms with Crippen molar-refractivity contribution in [2.45, 2.75) is 26.3 Å². The van der Waals surface area contributed by atoms with Crippen LogP contribution in [-0.4, -0.2) is 29.3 Å². The average Bonchev–Trinajstić information content (AvgIpc) is 2.63. The Morgan fingerprint density at radius 1 is 1.47 bits per heavy atom. The van der Waals surface area contributed by atoms with Crippen molar-refractivity contribution in [2.75, 3.05) is 19.8 Å². The van der Waals surface area contributed by atoms with Crippen LogP contribution in [0.1, 0.15) is 25.5 Å². The first kappa shape index (κ1) is 12.2. The van der Waals surface area contributed by atoms with Crippen molar-refractivity contribution in [1.82, 2.24) is 14.9 Å². The summed E-state index contributed by atoms with van der Waals surface area (Å²) in [7, 11) is 2.01. The monoisotopic (exact) mass is 211 g/mol. The van der Waals surface area contributed by atoms with Crippen LogP contribution < -0.4 is 5.32 Å². The number of ether oxygens (including phenoxy) is 1. The molecule has 0 aliphatic carbocycles. The van der Waals surface area contributed by atoms with Gasteiger partial charge in [-0.15, -0.1) is 0 Å². The molecule has 0 radical (unpaired) electrons. The van der Waals surface area contributed by atoms with Crippen LogP contribution in [0.3, 0.4) is 0 Å².